The van der Waals surface area contributed by atoms with Gasteiger partial charge in [-0.1, -0.05) is 0 Å². The molecule has 0 fully saturated rings. The van der Waals surface area contributed by atoms with Gasteiger partial charge in [-0.15, -0.1) is 0 Å². The number of hydrogen-bond acceptors (Lipinski definition) is 7. The Labute approximate surface area is 178 Å². The number of hydrogen-bond donors (Lipinski definition) is 1. The molecule has 0 unspecified atom stereocenters. The van der Waals surface area contributed by atoms with Crippen molar-refractivity contribution in [1.82, 2.24) is 24.5 Å². The van der Waals surface area contributed by atoms with Crippen molar-refractivity contribution in [2.24, 2.45) is 0 Å². The van der Waals surface area contributed by atoms with Gasteiger partial charge in [0.1, 0.15) is 35.8 Å². The van der Waals surface area contributed by atoms with Gasteiger partial charge < -0.3 is 15.4 Å². The van der Waals surface area contributed by atoms with Crippen LogP contribution >= 0.6 is 0 Å². The summed E-state index contributed by atoms with van der Waals surface area (Å²) in [5.74, 6) is 0.00553. The van der Waals surface area contributed by atoms with Gasteiger partial charge in [-0.05, 0) is 24.3 Å². The van der Waals surface area contributed by atoms with Crippen molar-refractivity contribution in [3.63, 3.8) is 0 Å². The normalized spacial score (nSPS) is 14.2. The highest BCUT2D eigenvalue weighted by Crippen LogP contribution is 2.31. The lowest BCUT2D eigenvalue weighted by atomic mass is 10.2. The summed E-state index contributed by atoms with van der Waals surface area (Å²) in [5.41, 5.74) is 6.08. The largest absolute Gasteiger partial charge is 0.475 e. The number of amides is 1. The molecule has 5 rings (SSSR count). The minimum Gasteiger partial charge on any atom is -0.475 e. The first-order valence-corrected chi connectivity index (χ1v) is 9.39. The van der Waals surface area contributed by atoms with Gasteiger partial charge >= 0.3 is 6.18 Å². The van der Waals surface area contributed by atoms with E-state index in [1.54, 1.807) is 22.9 Å². The summed E-state index contributed by atoms with van der Waals surface area (Å²) < 4.78 is 45.5. The maximum absolute atomic E-state index is 13.1. The zero-order valence-corrected chi connectivity index (χ0v) is 16.2. The summed E-state index contributed by atoms with van der Waals surface area (Å²) in [4.78, 5) is 30.7. The Morgan fingerprint density at radius 2 is 1.91 bits per heavy atom. The van der Waals surface area contributed by atoms with E-state index in [9.17, 15) is 18.0 Å². The van der Waals surface area contributed by atoms with Gasteiger partial charge in [0, 0.05) is 17.8 Å². The highest BCUT2D eigenvalue weighted by atomic mass is 19.4. The minimum absolute atomic E-state index is 0.0143. The number of rotatable bonds is 2. The first-order valence-electron chi connectivity index (χ1n) is 9.39. The first kappa shape index (κ1) is 19.7. The van der Waals surface area contributed by atoms with Crippen LogP contribution in [0.4, 0.5) is 24.7 Å². The van der Waals surface area contributed by atoms with Crippen LogP contribution in [0.15, 0.2) is 49.2 Å². The van der Waals surface area contributed by atoms with Gasteiger partial charge in [0.25, 0.3) is 5.91 Å². The number of fused-ring (bicyclic) bond motifs is 2. The van der Waals surface area contributed by atoms with Crippen LogP contribution in [-0.2, 0) is 6.18 Å². The number of pyridine rings is 2. The van der Waals surface area contributed by atoms with Crippen LogP contribution < -0.4 is 15.4 Å². The molecule has 4 aromatic heterocycles. The van der Waals surface area contributed by atoms with Crippen molar-refractivity contribution in [3.05, 3.63) is 60.3 Å². The summed E-state index contributed by atoms with van der Waals surface area (Å²) in [7, 11) is 0. The van der Waals surface area contributed by atoms with E-state index in [2.05, 4.69) is 19.9 Å². The molecule has 5 heterocycles. The SMILES string of the molecule is Nc1ncnc2c1C(=O)N(c1cnc3c(ccn3-c3ccc(C(F)(F)F)cn3)c1)CCO2. The fourth-order valence-electron chi connectivity index (χ4n) is 3.45. The number of nitrogens with two attached hydrogens (primary N) is 1. The van der Waals surface area contributed by atoms with Crippen molar-refractivity contribution in [2.75, 3.05) is 23.8 Å². The summed E-state index contributed by atoms with van der Waals surface area (Å²) in [6.45, 7) is 0.437. The second-order valence-electron chi connectivity index (χ2n) is 6.94. The van der Waals surface area contributed by atoms with Crippen LogP contribution in [0.3, 0.4) is 0 Å². The summed E-state index contributed by atoms with van der Waals surface area (Å²) in [5, 5.41) is 0.666. The molecule has 4 aromatic rings. The number of anilines is 2. The Hall–Kier alpha value is -4.22. The van der Waals surface area contributed by atoms with E-state index in [1.807, 2.05) is 0 Å². The maximum atomic E-state index is 13.1. The minimum atomic E-state index is -4.46. The average molecular weight is 441 g/mol. The molecule has 0 aromatic carbocycles. The third kappa shape index (κ3) is 3.25. The van der Waals surface area contributed by atoms with Crippen molar-refractivity contribution in [1.29, 1.82) is 0 Å². The zero-order valence-electron chi connectivity index (χ0n) is 16.2. The van der Waals surface area contributed by atoms with Crippen LogP contribution in [0.2, 0.25) is 0 Å². The van der Waals surface area contributed by atoms with Crippen molar-refractivity contribution in [3.8, 4) is 11.7 Å². The molecule has 0 atom stereocenters. The van der Waals surface area contributed by atoms with Crippen molar-refractivity contribution < 1.29 is 22.7 Å². The number of nitrogen functional groups attached to an aromatic ring is 1. The van der Waals surface area contributed by atoms with E-state index in [-0.39, 0.29) is 36.2 Å². The number of ether oxygens (including phenoxy) is 1. The number of nitrogens with zero attached hydrogens (tertiary/aromatic N) is 6. The molecule has 32 heavy (non-hydrogen) atoms. The second-order valence-corrected chi connectivity index (χ2v) is 6.94. The fraction of sp³-hybridized carbons (Fsp3) is 0.150. The lowest BCUT2D eigenvalue weighted by molar-refractivity contribution is -0.137. The van der Waals surface area contributed by atoms with Crippen LogP contribution in [0.5, 0.6) is 5.88 Å². The van der Waals surface area contributed by atoms with Gasteiger partial charge in [0.2, 0.25) is 5.88 Å². The van der Waals surface area contributed by atoms with Gasteiger partial charge in [-0.2, -0.15) is 13.2 Å². The van der Waals surface area contributed by atoms with Crippen molar-refractivity contribution in [2.45, 2.75) is 6.18 Å². The third-order valence-electron chi connectivity index (χ3n) is 5.00. The van der Waals surface area contributed by atoms with Gasteiger partial charge in [0.15, 0.2) is 0 Å². The first-order chi connectivity index (χ1) is 15.3. The smallest absolute Gasteiger partial charge is 0.417 e. The van der Waals surface area contributed by atoms with Crippen molar-refractivity contribution >= 4 is 28.4 Å². The topological polar surface area (TPSA) is 112 Å². The van der Waals surface area contributed by atoms with E-state index in [4.69, 9.17) is 10.5 Å². The van der Waals surface area contributed by atoms with Gasteiger partial charge in [-0.3, -0.25) is 9.36 Å². The molecule has 1 aliphatic heterocycles. The highest BCUT2D eigenvalue weighted by molar-refractivity contribution is 6.11. The molecule has 0 bridgehead atoms. The Kier molecular flexibility index (Phi) is 4.43. The standard InChI is InChI=1S/C20H14F3N7O2/c21-20(22,23)12-1-2-14(25-8-12)30-4-3-11-7-13(9-26-17(11)30)29-5-6-32-18-15(19(29)31)16(24)27-10-28-18/h1-4,7-10H,5-6H2,(H2,24,27,28). The Morgan fingerprint density at radius 3 is 2.66 bits per heavy atom. The fourth-order valence-corrected chi connectivity index (χ4v) is 3.45. The Bertz CT molecular complexity index is 1340. The number of alkyl halides is 3. The van der Waals surface area contributed by atoms with Gasteiger partial charge in [0.05, 0.1) is 24.0 Å². The molecule has 0 saturated heterocycles. The Morgan fingerprint density at radius 1 is 1.06 bits per heavy atom. The van der Waals surface area contributed by atoms with E-state index in [0.717, 1.165) is 12.3 Å². The average Bonchev–Trinajstić information content (AvgIpc) is 3.11. The summed E-state index contributed by atoms with van der Waals surface area (Å²) in [6.07, 6.45) is 0.670. The molecule has 12 heteroatoms. The lowest BCUT2D eigenvalue weighted by Gasteiger charge is -2.20. The third-order valence-corrected chi connectivity index (χ3v) is 5.00. The van der Waals surface area contributed by atoms with E-state index < -0.39 is 17.6 Å². The lowest BCUT2D eigenvalue weighted by Crippen LogP contribution is -2.32. The number of halogens is 3. The molecule has 2 N–H and O–H groups in total. The molecule has 9 nitrogen and oxygen atoms in total. The van der Waals surface area contributed by atoms with Crippen LogP contribution in [0.25, 0.3) is 16.9 Å². The monoisotopic (exact) mass is 441 g/mol. The van der Waals surface area contributed by atoms with Gasteiger partial charge in [-0.25, -0.2) is 19.9 Å². The maximum Gasteiger partial charge on any atom is 0.417 e. The molecule has 1 amide bonds. The highest BCUT2D eigenvalue weighted by Gasteiger charge is 2.31. The molecular formula is C20H14F3N7O2. The predicted molar refractivity (Wildman–Crippen MR) is 107 cm³/mol. The Balaban J connectivity index is 1.50. The predicted octanol–water partition coefficient (Wildman–Crippen LogP) is 2.85. The molecule has 162 valence electrons. The van der Waals surface area contributed by atoms with Crippen LogP contribution in [0.1, 0.15) is 15.9 Å². The van der Waals surface area contributed by atoms with Crippen LogP contribution in [0, 0.1) is 0 Å². The molecule has 0 aliphatic carbocycles. The zero-order chi connectivity index (χ0) is 22.5. The molecule has 0 radical (unpaired) electrons. The number of aromatic nitrogens is 5. The quantitative estimate of drug-likeness (QED) is 0.509. The molecule has 0 spiro atoms. The van der Waals surface area contributed by atoms with E-state index >= 15 is 0 Å². The summed E-state index contributed by atoms with van der Waals surface area (Å²) in [6, 6.07) is 5.71. The number of carbonyl (C=O) groups excluding carboxylic acids is 1. The second kappa shape index (κ2) is 7.18. The molecular weight excluding hydrogens is 427 g/mol. The van der Waals surface area contributed by atoms with Crippen LogP contribution in [-0.4, -0.2) is 43.6 Å². The number of carbonyl (C=O) groups is 1. The molecule has 1 aliphatic rings. The van der Waals surface area contributed by atoms with E-state index in [1.165, 1.54) is 23.5 Å². The summed E-state index contributed by atoms with van der Waals surface area (Å²) >= 11 is 0. The van der Waals surface area contributed by atoms with E-state index in [0.29, 0.717) is 16.7 Å². The molecule has 0 saturated carbocycles.